The van der Waals surface area contributed by atoms with E-state index in [2.05, 4.69) is 44.4 Å². The van der Waals surface area contributed by atoms with E-state index in [9.17, 15) is 9.90 Å². The Hall–Kier alpha value is -1.55. The first-order chi connectivity index (χ1) is 12.3. The van der Waals surface area contributed by atoms with Crippen molar-refractivity contribution in [3.63, 3.8) is 0 Å². The Morgan fingerprint density at radius 3 is 2.73 bits per heavy atom. The van der Waals surface area contributed by atoms with Crippen LogP contribution in [0.25, 0.3) is 0 Å². The van der Waals surface area contributed by atoms with Gasteiger partial charge in [0.15, 0.2) is 6.04 Å². The van der Waals surface area contributed by atoms with Crippen molar-refractivity contribution in [1.82, 2.24) is 4.90 Å². The van der Waals surface area contributed by atoms with Gasteiger partial charge in [-0.2, -0.15) is 0 Å². The van der Waals surface area contributed by atoms with Gasteiger partial charge in [0.1, 0.15) is 5.75 Å². The van der Waals surface area contributed by atoms with Gasteiger partial charge in [-0.25, -0.2) is 0 Å². The van der Waals surface area contributed by atoms with Crippen LogP contribution in [0.2, 0.25) is 0 Å². The second-order valence-corrected chi connectivity index (χ2v) is 8.75. The van der Waals surface area contributed by atoms with E-state index in [0.29, 0.717) is 17.6 Å². The van der Waals surface area contributed by atoms with Crippen LogP contribution in [0.1, 0.15) is 64.5 Å². The molecule has 2 bridgehead atoms. The average molecular weight is 360 g/mol. The number of hydrogen-bond acceptors (Lipinski definition) is 2. The summed E-state index contributed by atoms with van der Waals surface area (Å²) in [5, 5.41) is 10.1. The summed E-state index contributed by atoms with van der Waals surface area (Å²) in [6.45, 7) is 9.63. The SMILES string of the molecule is CCC1C2Cc3ccc(O)cc3C1(CC)CCN2C(=O)C([NH3+])CC(C)C. The Labute approximate surface area is 157 Å². The number of amides is 1. The number of aromatic hydroxyl groups is 1. The molecule has 2 aliphatic rings. The van der Waals surface area contributed by atoms with Crippen LogP contribution >= 0.6 is 0 Å². The summed E-state index contributed by atoms with van der Waals surface area (Å²) < 4.78 is 0. The Balaban J connectivity index is 1.98. The van der Waals surface area contributed by atoms with Crippen molar-refractivity contribution in [2.24, 2.45) is 11.8 Å². The molecule has 1 aromatic rings. The topological polar surface area (TPSA) is 68.2 Å². The molecule has 1 heterocycles. The van der Waals surface area contributed by atoms with Crippen LogP contribution in [-0.4, -0.2) is 34.5 Å². The number of carbonyl (C=O) groups is 1. The third kappa shape index (κ3) is 3.02. The maximum absolute atomic E-state index is 13.2. The summed E-state index contributed by atoms with van der Waals surface area (Å²) in [4.78, 5) is 15.3. The van der Waals surface area contributed by atoms with Gasteiger partial charge in [0.2, 0.25) is 0 Å². The van der Waals surface area contributed by atoms with E-state index < -0.39 is 0 Å². The Morgan fingerprint density at radius 1 is 1.38 bits per heavy atom. The number of carbonyl (C=O) groups excluding carboxylic acids is 1. The molecule has 4 unspecified atom stereocenters. The lowest BCUT2D eigenvalue weighted by Crippen LogP contribution is -2.71. The summed E-state index contributed by atoms with van der Waals surface area (Å²) in [6, 6.07) is 5.95. The predicted octanol–water partition coefficient (Wildman–Crippen LogP) is 2.88. The lowest BCUT2D eigenvalue weighted by molar-refractivity contribution is -0.409. The summed E-state index contributed by atoms with van der Waals surface area (Å²) in [6.07, 6.45) is 4.84. The smallest absolute Gasteiger partial charge is 0.280 e. The van der Waals surface area contributed by atoms with Crippen molar-refractivity contribution < 1.29 is 15.6 Å². The molecular formula is C22H35N2O2+. The maximum atomic E-state index is 13.2. The predicted molar refractivity (Wildman–Crippen MR) is 104 cm³/mol. The molecular weight excluding hydrogens is 324 g/mol. The van der Waals surface area contributed by atoms with Gasteiger partial charge in [-0.05, 0) is 54.4 Å². The average Bonchev–Trinajstić information content (AvgIpc) is 2.60. The summed E-state index contributed by atoms with van der Waals surface area (Å²) in [5.74, 6) is 1.52. The molecule has 1 amide bonds. The number of hydrogen-bond donors (Lipinski definition) is 2. The van der Waals surface area contributed by atoms with Crippen LogP contribution < -0.4 is 5.73 Å². The van der Waals surface area contributed by atoms with E-state index in [1.54, 1.807) is 6.07 Å². The van der Waals surface area contributed by atoms with Gasteiger partial charge in [-0.3, -0.25) is 4.79 Å². The zero-order chi connectivity index (χ0) is 19.1. The van der Waals surface area contributed by atoms with Crippen LogP contribution in [0.5, 0.6) is 5.75 Å². The first-order valence-electron chi connectivity index (χ1n) is 10.3. The quantitative estimate of drug-likeness (QED) is 0.849. The summed E-state index contributed by atoms with van der Waals surface area (Å²) >= 11 is 0. The number of phenolic OH excluding ortho intramolecular Hbond substituents is 1. The third-order valence-electron chi connectivity index (χ3n) is 6.89. The van der Waals surface area contributed by atoms with E-state index >= 15 is 0 Å². The molecule has 4 N–H and O–H groups in total. The highest BCUT2D eigenvalue weighted by atomic mass is 16.3. The molecule has 0 aromatic heterocycles. The molecule has 1 aliphatic carbocycles. The van der Waals surface area contributed by atoms with Crippen LogP contribution in [-0.2, 0) is 16.6 Å². The highest BCUT2D eigenvalue weighted by Crippen LogP contribution is 2.52. The van der Waals surface area contributed by atoms with Gasteiger partial charge < -0.3 is 15.7 Å². The highest BCUT2D eigenvalue weighted by Gasteiger charge is 2.53. The molecule has 26 heavy (non-hydrogen) atoms. The molecule has 3 rings (SSSR count). The van der Waals surface area contributed by atoms with Gasteiger partial charge in [0.05, 0.1) is 0 Å². The largest absolute Gasteiger partial charge is 0.508 e. The lowest BCUT2D eigenvalue weighted by atomic mass is 9.55. The first kappa shape index (κ1) is 19.2. The van der Waals surface area contributed by atoms with E-state index in [1.165, 1.54) is 11.1 Å². The van der Waals surface area contributed by atoms with Crippen LogP contribution in [0.4, 0.5) is 0 Å². The number of nitrogens with zero attached hydrogens (tertiary/aromatic N) is 1. The zero-order valence-electron chi connectivity index (χ0n) is 16.8. The lowest BCUT2D eigenvalue weighted by Gasteiger charge is -2.57. The summed E-state index contributed by atoms with van der Waals surface area (Å²) in [7, 11) is 0. The van der Waals surface area contributed by atoms with Crippen molar-refractivity contribution in [3.8, 4) is 5.75 Å². The van der Waals surface area contributed by atoms with Crippen molar-refractivity contribution in [2.45, 2.75) is 77.3 Å². The fourth-order valence-corrected chi connectivity index (χ4v) is 5.74. The second kappa shape index (κ2) is 7.22. The van der Waals surface area contributed by atoms with Crippen molar-refractivity contribution in [1.29, 1.82) is 0 Å². The third-order valence-corrected chi connectivity index (χ3v) is 6.89. The molecule has 0 spiro atoms. The van der Waals surface area contributed by atoms with Crippen LogP contribution in [0, 0.1) is 11.8 Å². The number of phenols is 1. The number of benzene rings is 1. The van der Waals surface area contributed by atoms with E-state index in [1.807, 2.05) is 6.07 Å². The van der Waals surface area contributed by atoms with Crippen LogP contribution in [0.3, 0.4) is 0 Å². The standard InChI is InChI=1S/C22H34N2O2/c1-5-17-20-12-15-7-8-16(25)13-18(15)22(17,6-2)9-10-24(20)21(26)19(23)11-14(3)4/h7-8,13-14,17,19-20,25H,5-6,9-12,23H2,1-4H3/p+1. The molecule has 0 saturated carbocycles. The molecule has 1 aliphatic heterocycles. The maximum Gasteiger partial charge on any atom is 0.280 e. The summed E-state index contributed by atoms with van der Waals surface area (Å²) in [5.41, 5.74) is 6.89. The highest BCUT2D eigenvalue weighted by molar-refractivity contribution is 5.81. The fraction of sp³-hybridized carbons (Fsp3) is 0.682. The van der Waals surface area contributed by atoms with E-state index in [-0.39, 0.29) is 23.4 Å². The van der Waals surface area contributed by atoms with Crippen molar-refractivity contribution in [3.05, 3.63) is 29.3 Å². The zero-order valence-corrected chi connectivity index (χ0v) is 16.8. The molecule has 144 valence electrons. The number of likely N-dealkylation sites (tertiary alicyclic amines) is 1. The molecule has 0 radical (unpaired) electrons. The van der Waals surface area contributed by atoms with E-state index in [4.69, 9.17) is 0 Å². The Morgan fingerprint density at radius 2 is 2.12 bits per heavy atom. The normalized spacial score (nSPS) is 28.8. The van der Waals surface area contributed by atoms with Gasteiger partial charge in [-0.15, -0.1) is 0 Å². The Kier molecular flexibility index (Phi) is 5.34. The monoisotopic (exact) mass is 359 g/mol. The number of piperidine rings is 1. The van der Waals surface area contributed by atoms with Gasteiger partial charge in [0.25, 0.3) is 5.91 Å². The van der Waals surface area contributed by atoms with Gasteiger partial charge in [-0.1, -0.05) is 40.2 Å². The van der Waals surface area contributed by atoms with Crippen molar-refractivity contribution >= 4 is 5.91 Å². The molecule has 4 atom stereocenters. The molecule has 1 saturated heterocycles. The fourth-order valence-electron chi connectivity index (χ4n) is 5.74. The molecule has 4 nitrogen and oxygen atoms in total. The Bertz CT molecular complexity index is 672. The van der Waals surface area contributed by atoms with Crippen LogP contribution in [0.15, 0.2) is 18.2 Å². The number of fused-ring (bicyclic) bond motifs is 4. The first-order valence-corrected chi connectivity index (χ1v) is 10.3. The van der Waals surface area contributed by atoms with Gasteiger partial charge >= 0.3 is 0 Å². The minimum atomic E-state index is -0.150. The molecule has 1 aromatic carbocycles. The second-order valence-electron chi connectivity index (χ2n) is 8.75. The minimum absolute atomic E-state index is 0.0806. The number of quaternary nitrogens is 1. The minimum Gasteiger partial charge on any atom is -0.508 e. The van der Waals surface area contributed by atoms with Gasteiger partial charge in [0, 0.05) is 24.4 Å². The molecule has 4 heteroatoms. The number of rotatable bonds is 5. The molecule has 1 fully saturated rings. The van der Waals surface area contributed by atoms with E-state index in [0.717, 1.165) is 38.6 Å². The van der Waals surface area contributed by atoms with Crippen molar-refractivity contribution in [2.75, 3.05) is 6.54 Å².